The first-order chi connectivity index (χ1) is 10.9. The van der Waals surface area contributed by atoms with E-state index in [1.807, 2.05) is 4.90 Å². The van der Waals surface area contributed by atoms with Gasteiger partial charge in [0.15, 0.2) is 0 Å². The molecule has 7 heteroatoms. The molecule has 0 saturated carbocycles. The number of hydrogen-bond acceptors (Lipinski definition) is 3. The summed E-state index contributed by atoms with van der Waals surface area (Å²) in [5.41, 5.74) is 0.0687. The van der Waals surface area contributed by atoms with Crippen molar-refractivity contribution in [2.45, 2.75) is 12.7 Å². The molecule has 2 heterocycles. The zero-order valence-electron chi connectivity index (χ0n) is 12.3. The van der Waals surface area contributed by atoms with Crippen LogP contribution in [0.5, 0.6) is 0 Å². The lowest BCUT2D eigenvalue weighted by atomic mass is 10.1. The van der Waals surface area contributed by atoms with Crippen molar-refractivity contribution in [3.63, 3.8) is 0 Å². The van der Waals surface area contributed by atoms with Crippen molar-refractivity contribution in [1.29, 1.82) is 0 Å². The van der Waals surface area contributed by atoms with E-state index in [1.54, 1.807) is 17.4 Å². The van der Waals surface area contributed by atoms with Gasteiger partial charge in [0.2, 0.25) is 0 Å². The quantitative estimate of drug-likeness (QED) is 0.721. The average molecular weight is 405 g/mol. The SMILES string of the molecule is FC(F)(F)c1cccc(N2CCN(Cc3cc(Br)cs3)CC2)c1. The van der Waals surface area contributed by atoms with Gasteiger partial charge >= 0.3 is 6.18 Å². The van der Waals surface area contributed by atoms with Gasteiger partial charge in [0.25, 0.3) is 0 Å². The maximum Gasteiger partial charge on any atom is 0.416 e. The first kappa shape index (κ1) is 16.8. The van der Waals surface area contributed by atoms with Crippen LogP contribution in [0.2, 0.25) is 0 Å². The van der Waals surface area contributed by atoms with E-state index in [1.165, 1.54) is 17.0 Å². The van der Waals surface area contributed by atoms with Gasteiger partial charge in [-0.2, -0.15) is 13.2 Å². The van der Waals surface area contributed by atoms with Crippen LogP contribution in [-0.4, -0.2) is 31.1 Å². The van der Waals surface area contributed by atoms with Crippen LogP contribution in [0.4, 0.5) is 18.9 Å². The molecule has 0 unspecified atom stereocenters. The predicted molar refractivity (Wildman–Crippen MR) is 91.0 cm³/mol. The van der Waals surface area contributed by atoms with Gasteiger partial charge in [-0.15, -0.1) is 11.3 Å². The Morgan fingerprint density at radius 2 is 1.83 bits per heavy atom. The maximum atomic E-state index is 12.8. The number of piperazine rings is 1. The minimum absolute atomic E-state index is 0.583. The van der Waals surface area contributed by atoms with Crippen LogP contribution < -0.4 is 4.90 Å². The standard InChI is InChI=1S/C16H16BrF3N2S/c17-13-9-15(23-11-13)10-21-4-6-22(7-5-21)14-3-1-2-12(8-14)16(18,19)20/h1-3,8-9,11H,4-7,10H2. The molecule has 1 aromatic carbocycles. The highest BCUT2D eigenvalue weighted by atomic mass is 79.9. The molecule has 23 heavy (non-hydrogen) atoms. The lowest BCUT2D eigenvalue weighted by Gasteiger charge is -2.36. The van der Waals surface area contributed by atoms with Crippen LogP contribution in [0.25, 0.3) is 0 Å². The second-order valence-corrected chi connectivity index (χ2v) is 7.45. The molecule has 0 radical (unpaired) electrons. The van der Waals surface area contributed by atoms with Gasteiger partial charge in [0.1, 0.15) is 0 Å². The molecule has 1 aromatic heterocycles. The largest absolute Gasteiger partial charge is 0.416 e. The van der Waals surface area contributed by atoms with E-state index in [0.29, 0.717) is 5.69 Å². The van der Waals surface area contributed by atoms with Gasteiger partial charge in [-0.3, -0.25) is 4.90 Å². The number of rotatable bonds is 3. The van der Waals surface area contributed by atoms with Crippen LogP contribution >= 0.6 is 27.3 Å². The van der Waals surface area contributed by atoms with E-state index in [4.69, 9.17) is 0 Å². The molecule has 0 spiro atoms. The first-order valence-corrected chi connectivity index (χ1v) is 8.96. The highest BCUT2D eigenvalue weighted by molar-refractivity contribution is 9.10. The third-order valence-corrected chi connectivity index (χ3v) is 5.59. The Hall–Kier alpha value is -1.05. The van der Waals surface area contributed by atoms with Crippen LogP contribution in [0.15, 0.2) is 40.2 Å². The van der Waals surface area contributed by atoms with Crippen LogP contribution in [-0.2, 0) is 12.7 Å². The minimum Gasteiger partial charge on any atom is -0.369 e. The summed E-state index contributed by atoms with van der Waals surface area (Å²) in [6.07, 6.45) is -4.29. The van der Waals surface area contributed by atoms with E-state index >= 15 is 0 Å². The summed E-state index contributed by atoms with van der Waals surface area (Å²) in [5, 5.41) is 2.06. The van der Waals surface area contributed by atoms with Crippen molar-refractivity contribution in [3.8, 4) is 0 Å². The predicted octanol–water partition coefficient (Wildman–Crippen LogP) is 4.85. The fourth-order valence-corrected chi connectivity index (χ4v) is 4.19. The van der Waals surface area contributed by atoms with Crippen molar-refractivity contribution >= 4 is 33.0 Å². The Morgan fingerprint density at radius 3 is 2.43 bits per heavy atom. The van der Waals surface area contributed by atoms with Gasteiger partial charge in [-0.25, -0.2) is 0 Å². The maximum absolute atomic E-state index is 12.8. The molecule has 1 aliphatic heterocycles. The fourth-order valence-electron chi connectivity index (χ4n) is 2.70. The smallest absolute Gasteiger partial charge is 0.369 e. The monoisotopic (exact) mass is 404 g/mol. The molecule has 1 aliphatic rings. The lowest BCUT2D eigenvalue weighted by molar-refractivity contribution is -0.137. The van der Waals surface area contributed by atoms with E-state index in [-0.39, 0.29) is 0 Å². The molecular weight excluding hydrogens is 389 g/mol. The van der Waals surface area contributed by atoms with E-state index in [9.17, 15) is 13.2 Å². The van der Waals surface area contributed by atoms with Crippen LogP contribution in [0, 0.1) is 0 Å². The van der Waals surface area contributed by atoms with Crippen LogP contribution in [0.3, 0.4) is 0 Å². The Balaban J connectivity index is 1.60. The van der Waals surface area contributed by atoms with E-state index in [2.05, 4.69) is 32.3 Å². The third kappa shape index (κ3) is 4.28. The molecule has 0 bridgehead atoms. The van der Waals surface area contributed by atoms with Gasteiger partial charge in [0.05, 0.1) is 5.56 Å². The molecule has 0 atom stereocenters. The van der Waals surface area contributed by atoms with E-state index < -0.39 is 11.7 Å². The van der Waals surface area contributed by atoms with Gasteiger partial charge < -0.3 is 4.90 Å². The molecule has 1 fully saturated rings. The van der Waals surface area contributed by atoms with Gasteiger partial charge in [0, 0.05) is 53.1 Å². The molecule has 124 valence electrons. The highest BCUT2D eigenvalue weighted by Gasteiger charge is 2.31. The summed E-state index contributed by atoms with van der Waals surface area (Å²) in [7, 11) is 0. The zero-order valence-corrected chi connectivity index (χ0v) is 14.7. The van der Waals surface area contributed by atoms with Crippen molar-refractivity contribution in [1.82, 2.24) is 4.90 Å². The summed E-state index contributed by atoms with van der Waals surface area (Å²) in [6, 6.07) is 7.71. The normalized spacial score (nSPS) is 16.8. The fraction of sp³-hybridized carbons (Fsp3) is 0.375. The Morgan fingerprint density at radius 1 is 1.09 bits per heavy atom. The summed E-state index contributed by atoms with van der Waals surface area (Å²) >= 11 is 5.17. The second kappa shape index (κ2) is 6.83. The Labute approximate surface area is 145 Å². The number of alkyl halides is 3. The van der Waals surface area contributed by atoms with Crippen molar-refractivity contribution < 1.29 is 13.2 Å². The molecule has 2 nitrogen and oxygen atoms in total. The second-order valence-electron chi connectivity index (χ2n) is 5.54. The molecule has 2 aromatic rings. The molecule has 3 rings (SSSR count). The Bertz CT molecular complexity index is 663. The Kier molecular flexibility index (Phi) is 4.98. The van der Waals surface area contributed by atoms with Gasteiger partial charge in [-0.1, -0.05) is 6.07 Å². The average Bonchev–Trinajstić information content (AvgIpc) is 2.92. The minimum atomic E-state index is -4.29. The third-order valence-electron chi connectivity index (χ3n) is 3.91. The molecule has 0 aliphatic carbocycles. The summed E-state index contributed by atoms with van der Waals surface area (Å²) < 4.78 is 39.5. The van der Waals surface area contributed by atoms with Crippen molar-refractivity contribution in [2.75, 3.05) is 31.1 Å². The number of anilines is 1. The topological polar surface area (TPSA) is 6.48 Å². The van der Waals surface area contributed by atoms with Crippen molar-refractivity contribution in [2.24, 2.45) is 0 Å². The van der Waals surface area contributed by atoms with E-state index in [0.717, 1.165) is 43.3 Å². The molecule has 0 amide bonds. The molecular formula is C16H16BrF3N2S. The number of halogens is 4. The summed E-state index contributed by atoms with van der Waals surface area (Å²) in [6.45, 7) is 4.09. The van der Waals surface area contributed by atoms with Crippen molar-refractivity contribution in [3.05, 3.63) is 50.6 Å². The highest BCUT2D eigenvalue weighted by Crippen LogP contribution is 2.32. The number of hydrogen-bond donors (Lipinski definition) is 0. The zero-order chi connectivity index (χ0) is 16.4. The molecule has 1 saturated heterocycles. The van der Waals surface area contributed by atoms with Gasteiger partial charge in [-0.05, 0) is 40.2 Å². The summed E-state index contributed by atoms with van der Waals surface area (Å²) in [5.74, 6) is 0. The molecule has 0 N–H and O–H groups in total. The lowest BCUT2D eigenvalue weighted by Crippen LogP contribution is -2.45. The number of nitrogens with zero attached hydrogens (tertiary/aromatic N) is 2. The number of thiophene rings is 1. The number of benzene rings is 1. The van der Waals surface area contributed by atoms with Crippen LogP contribution in [0.1, 0.15) is 10.4 Å². The first-order valence-electron chi connectivity index (χ1n) is 7.29. The summed E-state index contributed by atoms with van der Waals surface area (Å²) in [4.78, 5) is 5.66.